The molecule has 1 fully saturated rings. The predicted octanol–water partition coefficient (Wildman–Crippen LogP) is 0.607. The third kappa shape index (κ3) is 2.93. The van der Waals surface area contributed by atoms with E-state index in [9.17, 15) is 0 Å². The summed E-state index contributed by atoms with van der Waals surface area (Å²) in [7, 11) is 3.89. The second-order valence-electron chi connectivity index (χ2n) is 3.83. The molecule has 1 aliphatic rings. The van der Waals surface area contributed by atoms with Crippen LogP contribution in [0.1, 0.15) is 6.42 Å². The van der Waals surface area contributed by atoms with Gasteiger partial charge in [-0.15, -0.1) is 0 Å². The molecular weight excluding hydrogens is 152 g/mol. The first-order valence-electron chi connectivity index (χ1n) is 4.59. The molecule has 0 aromatic heterocycles. The molecule has 0 bridgehead atoms. The van der Waals surface area contributed by atoms with Crippen LogP contribution in [-0.4, -0.2) is 52.2 Å². The van der Waals surface area contributed by atoms with Gasteiger partial charge in [0.1, 0.15) is 8.96 Å². The molecule has 1 unspecified atom stereocenters. The molecule has 0 radical (unpaired) electrons. The fourth-order valence-corrected chi connectivity index (χ4v) is 3.97. The Balaban J connectivity index is 2.15. The van der Waals surface area contributed by atoms with Gasteiger partial charge in [-0.25, -0.2) is 0 Å². The molecular formula is C8H20N2Si. The summed E-state index contributed by atoms with van der Waals surface area (Å²) in [6, 6.07) is 1.54. The van der Waals surface area contributed by atoms with Gasteiger partial charge in [0.05, 0.1) is 0 Å². The summed E-state index contributed by atoms with van der Waals surface area (Å²) in [6.07, 6.45) is 1.46. The number of rotatable bonds is 3. The largest absolute Gasteiger partial charge is 0.325 e. The van der Waals surface area contributed by atoms with Crippen molar-refractivity contribution in [3.63, 3.8) is 0 Å². The Labute approximate surface area is 71.9 Å². The van der Waals surface area contributed by atoms with Crippen molar-refractivity contribution < 1.29 is 0 Å². The van der Waals surface area contributed by atoms with Crippen LogP contribution in [0.2, 0.25) is 12.6 Å². The summed E-state index contributed by atoms with van der Waals surface area (Å²) in [5, 5.41) is 0. The highest BCUT2D eigenvalue weighted by atomic mass is 28.3. The van der Waals surface area contributed by atoms with Crippen LogP contribution in [-0.2, 0) is 0 Å². The van der Waals surface area contributed by atoms with E-state index in [2.05, 4.69) is 30.1 Å². The Bertz CT molecular complexity index is 117. The van der Waals surface area contributed by atoms with Crippen molar-refractivity contribution in [2.75, 3.05) is 33.7 Å². The first-order chi connectivity index (χ1) is 5.20. The molecule has 0 N–H and O–H groups in total. The summed E-state index contributed by atoms with van der Waals surface area (Å²) in [4.78, 5) is 2.28. The van der Waals surface area contributed by atoms with Crippen LogP contribution in [0, 0.1) is 0 Å². The summed E-state index contributed by atoms with van der Waals surface area (Å²) in [5.41, 5.74) is 0. The molecule has 0 aliphatic carbocycles. The molecule has 0 amide bonds. The van der Waals surface area contributed by atoms with Gasteiger partial charge in [-0.1, -0.05) is 6.55 Å². The molecule has 3 heteroatoms. The standard InChI is InChI=1S/C8H20N2Si/c1-9(2)6-7-10-5-4-8-11(10)3/h11H,4-8H2,1-3H3. The van der Waals surface area contributed by atoms with Gasteiger partial charge in [0, 0.05) is 13.1 Å². The SMILES string of the molecule is CN(C)CCN1CCC[SiH]1C. The fraction of sp³-hybridized carbons (Fsp3) is 1.00. The Hall–Kier alpha value is 0.137. The molecule has 0 saturated carbocycles. The Morgan fingerprint density at radius 2 is 2.18 bits per heavy atom. The quantitative estimate of drug-likeness (QED) is 0.576. The van der Waals surface area contributed by atoms with Crippen LogP contribution >= 0.6 is 0 Å². The topological polar surface area (TPSA) is 6.48 Å². The maximum absolute atomic E-state index is 2.72. The van der Waals surface area contributed by atoms with Crippen molar-refractivity contribution in [1.29, 1.82) is 0 Å². The predicted molar refractivity (Wildman–Crippen MR) is 52.6 cm³/mol. The third-order valence-corrected chi connectivity index (χ3v) is 5.53. The van der Waals surface area contributed by atoms with Crippen molar-refractivity contribution in [2.24, 2.45) is 0 Å². The van der Waals surface area contributed by atoms with Crippen molar-refractivity contribution in [3.05, 3.63) is 0 Å². The number of nitrogens with zero attached hydrogens (tertiary/aromatic N) is 2. The average molecular weight is 172 g/mol. The van der Waals surface area contributed by atoms with E-state index in [1.54, 1.807) is 0 Å². The van der Waals surface area contributed by atoms with Crippen LogP contribution in [0.5, 0.6) is 0 Å². The van der Waals surface area contributed by atoms with E-state index in [-0.39, 0.29) is 0 Å². The third-order valence-electron chi connectivity index (χ3n) is 2.53. The van der Waals surface area contributed by atoms with Gasteiger partial charge in [-0.3, -0.25) is 0 Å². The van der Waals surface area contributed by atoms with Crippen molar-refractivity contribution >= 4 is 8.96 Å². The highest BCUT2D eigenvalue weighted by Crippen LogP contribution is 2.13. The monoisotopic (exact) mass is 172 g/mol. The highest BCUT2D eigenvalue weighted by Gasteiger charge is 2.20. The molecule has 1 aliphatic heterocycles. The molecule has 0 aromatic rings. The van der Waals surface area contributed by atoms with Crippen LogP contribution in [0.25, 0.3) is 0 Å². The van der Waals surface area contributed by atoms with Gasteiger partial charge < -0.3 is 9.47 Å². The van der Waals surface area contributed by atoms with Gasteiger partial charge in [0.15, 0.2) is 0 Å². The number of hydrogen-bond donors (Lipinski definition) is 0. The molecule has 66 valence electrons. The maximum Gasteiger partial charge on any atom is 0.108 e. The molecule has 1 rings (SSSR count). The normalized spacial score (nSPS) is 26.7. The molecule has 1 atom stereocenters. The molecule has 1 saturated heterocycles. The lowest BCUT2D eigenvalue weighted by Gasteiger charge is -2.22. The van der Waals surface area contributed by atoms with Gasteiger partial charge >= 0.3 is 0 Å². The molecule has 11 heavy (non-hydrogen) atoms. The lowest BCUT2D eigenvalue weighted by Crippen LogP contribution is -2.36. The zero-order chi connectivity index (χ0) is 8.27. The smallest absolute Gasteiger partial charge is 0.108 e. The van der Waals surface area contributed by atoms with Crippen molar-refractivity contribution in [3.8, 4) is 0 Å². The van der Waals surface area contributed by atoms with Gasteiger partial charge in [-0.05, 0) is 33.1 Å². The van der Waals surface area contributed by atoms with E-state index in [0.717, 1.165) is 0 Å². The lowest BCUT2D eigenvalue weighted by molar-refractivity contribution is 0.348. The number of hydrogen-bond acceptors (Lipinski definition) is 2. The highest BCUT2D eigenvalue weighted by molar-refractivity contribution is 6.54. The molecule has 0 aromatic carbocycles. The average Bonchev–Trinajstić information content (AvgIpc) is 2.31. The summed E-state index contributed by atoms with van der Waals surface area (Å²) in [6.45, 7) is 6.39. The Kier molecular flexibility index (Phi) is 3.55. The molecule has 2 nitrogen and oxygen atoms in total. The van der Waals surface area contributed by atoms with Gasteiger partial charge in [0.2, 0.25) is 0 Å². The van der Waals surface area contributed by atoms with E-state index >= 15 is 0 Å². The van der Waals surface area contributed by atoms with Crippen LogP contribution in [0.3, 0.4) is 0 Å². The van der Waals surface area contributed by atoms with E-state index in [1.165, 1.54) is 32.1 Å². The molecule has 1 heterocycles. The van der Waals surface area contributed by atoms with E-state index in [1.807, 2.05) is 0 Å². The first-order valence-corrected chi connectivity index (χ1v) is 7.07. The van der Waals surface area contributed by atoms with Crippen LogP contribution in [0.4, 0.5) is 0 Å². The van der Waals surface area contributed by atoms with E-state index in [0.29, 0.717) is 0 Å². The summed E-state index contributed by atoms with van der Waals surface area (Å²) < 4.78 is 2.72. The van der Waals surface area contributed by atoms with Gasteiger partial charge in [-0.2, -0.15) is 0 Å². The minimum atomic E-state index is -0.417. The summed E-state index contributed by atoms with van der Waals surface area (Å²) in [5.74, 6) is 0. The van der Waals surface area contributed by atoms with Crippen LogP contribution < -0.4 is 0 Å². The van der Waals surface area contributed by atoms with E-state index in [4.69, 9.17) is 0 Å². The van der Waals surface area contributed by atoms with Gasteiger partial charge in [0.25, 0.3) is 0 Å². The Morgan fingerprint density at radius 3 is 2.64 bits per heavy atom. The Morgan fingerprint density at radius 1 is 1.45 bits per heavy atom. The zero-order valence-electron chi connectivity index (χ0n) is 8.01. The molecule has 0 spiro atoms. The van der Waals surface area contributed by atoms with Crippen molar-refractivity contribution in [1.82, 2.24) is 9.47 Å². The number of likely N-dealkylation sites (N-methyl/N-ethyl adjacent to an activating group) is 1. The van der Waals surface area contributed by atoms with Crippen molar-refractivity contribution in [2.45, 2.75) is 19.0 Å². The van der Waals surface area contributed by atoms with E-state index < -0.39 is 8.96 Å². The zero-order valence-corrected chi connectivity index (χ0v) is 9.16. The maximum atomic E-state index is 2.72. The summed E-state index contributed by atoms with van der Waals surface area (Å²) >= 11 is 0. The van der Waals surface area contributed by atoms with Crippen LogP contribution in [0.15, 0.2) is 0 Å². The fourth-order valence-electron chi connectivity index (χ4n) is 1.65. The minimum absolute atomic E-state index is 0.417. The first kappa shape index (κ1) is 9.23. The second kappa shape index (κ2) is 4.23. The minimum Gasteiger partial charge on any atom is -0.325 e. The second-order valence-corrected chi connectivity index (χ2v) is 6.84. The lowest BCUT2D eigenvalue weighted by atomic mass is 10.4.